The van der Waals surface area contributed by atoms with Gasteiger partial charge in [-0.3, -0.25) is 9.59 Å². The molecule has 0 spiro atoms. The molecule has 5 nitrogen and oxygen atoms in total. The summed E-state index contributed by atoms with van der Waals surface area (Å²) in [7, 11) is 1.66. The monoisotopic (exact) mass is 364 g/mol. The van der Waals surface area contributed by atoms with Crippen LogP contribution in [0.3, 0.4) is 0 Å². The van der Waals surface area contributed by atoms with Gasteiger partial charge < -0.3 is 15.0 Å². The quantitative estimate of drug-likeness (QED) is 0.787. The number of rotatable bonds is 6. The standard InChI is InChI=1S/C17H27F3N2O3/c1-5-16(6-2)13(10(3)14(16)25-4)21-15(24)11-7-12(23)22(8-11)9-17(18,19)20/h10-11,13-14H,5-9H2,1-4H3,(H,21,24)/t10-,11+,13+,14-/m0/s1. The minimum absolute atomic E-state index is 0.0414. The lowest BCUT2D eigenvalue weighted by Gasteiger charge is -2.59. The van der Waals surface area contributed by atoms with Crippen LogP contribution in [0.5, 0.6) is 0 Å². The molecule has 0 bridgehead atoms. The number of likely N-dealkylation sites (tertiary alicyclic amines) is 1. The Kier molecular flexibility index (Phi) is 5.71. The minimum atomic E-state index is -4.45. The molecule has 1 heterocycles. The van der Waals surface area contributed by atoms with Gasteiger partial charge in [-0.2, -0.15) is 13.2 Å². The first-order chi connectivity index (χ1) is 11.6. The van der Waals surface area contributed by atoms with E-state index in [0.717, 1.165) is 17.7 Å². The highest BCUT2D eigenvalue weighted by Gasteiger charge is 2.59. The number of halogens is 3. The summed E-state index contributed by atoms with van der Waals surface area (Å²) < 4.78 is 43.1. The van der Waals surface area contributed by atoms with Crippen LogP contribution in [0.1, 0.15) is 40.0 Å². The van der Waals surface area contributed by atoms with Crippen LogP contribution in [0.15, 0.2) is 0 Å². The van der Waals surface area contributed by atoms with Gasteiger partial charge in [-0.1, -0.05) is 20.8 Å². The van der Waals surface area contributed by atoms with Crippen LogP contribution >= 0.6 is 0 Å². The third kappa shape index (κ3) is 3.64. The predicted molar refractivity (Wildman–Crippen MR) is 85.6 cm³/mol. The van der Waals surface area contributed by atoms with Crippen molar-refractivity contribution >= 4 is 11.8 Å². The van der Waals surface area contributed by atoms with Crippen LogP contribution in [0.2, 0.25) is 0 Å². The summed E-state index contributed by atoms with van der Waals surface area (Å²) in [6, 6.07) is -0.0910. The van der Waals surface area contributed by atoms with E-state index in [2.05, 4.69) is 5.32 Å². The van der Waals surface area contributed by atoms with Gasteiger partial charge in [0.05, 0.1) is 12.0 Å². The van der Waals surface area contributed by atoms with E-state index in [0.29, 0.717) is 0 Å². The summed E-state index contributed by atoms with van der Waals surface area (Å²) in [6.07, 6.45) is -2.90. The van der Waals surface area contributed by atoms with E-state index >= 15 is 0 Å². The molecular weight excluding hydrogens is 337 g/mol. The van der Waals surface area contributed by atoms with Crippen molar-refractivity contribution in [1.82, 2.24) is 10.2 Å². The average Bonchev–Trinajstić information content (AvgIpc) is 2.88. The molecule has 1 saturated carbocycles. The first kappa shape index (κ1) is 20.0. The molecule has 0 aromatic rings. The maximum absolute atomic E-state index is 12.6. The van der Waals surface area contributed by atoms with Crippen LogP contribution in [-0.2, 0) is 14.3 Å². The number of hydrogen-bond acceptors (Lipinski definition) is 3. The molecular formula is C17H27F3N2O3. The summed E-state index contributed by atoms with van der Waals surface area (Å²) in [6.45, 7) is 4.62. The van der Waals surface area contributed by atoms with Crippen LogP contribution in [0, 0.1) is 17.3 Å². The van der Waals surface area contributed by atoms with Crippen molar-refractivity contribution in [3.63, 3.8) is 0 Å². The number of carbonyl (C=O) groups is 2. The molecule has 25 heavy (non-hydrogen) atoms. The van der Waals surface area contributed by atoms with Gasteiger partial charge in [-0.05, 0) is 12.8 Å². The SMILES string of the molecule is CCC1(CC)[C@H](NC(=O)[C@@H]2CC(=O)N(CC(F)(F)F)C2)[C@H](C)[C@@H]1OC. The minimum Gasteiger partial charge on any atom is -0.380 e. The summed E-state index contributed by atoms with van der Waals surface area (Å²) in [4.78, 5) is 25.0. The van der Waals surface area contributed by atoms with Crippen molar-refractivity contribution in [3.05, 3.63) is 0 Å². The molecule has 2 fully saturated rings. The average molecular weight is 364 g/mol. The number of amides is 2. The lowest BCUT2D eigenvalue weighted by Crippen LogP contribution is -2.70. The van der Waals surface area contributed by atoms with Crippen molar-refractivity contribution in [1.29, 1.82) is 0 Å². The Balaban J connectivity index is 2.02. The molecule has 144 valence electrons. The second-order valence-corrected chi connectivity index (χ2v) is 7.23. The predicted octanol–water partition coefficient (Wildman–Crippen LogP) is 2.35. The molecule has 0 radical (unpaired) electrons. The molecule has 4 atom stereocenters. The van der Waals surface area contributed by atoms with Crippen LogP contribution in [0.4, 0.5) is 13.2 Å². The summed E-state index contributed by atoms with van der Waals surface area (Å²) >= 11 is 0. The molecule has 2 aliphatic rings. The molecule has 1 aliphatic carbocycles. The van der Waals surface area contributed by atoms with Gasteiger partial charge in [-0.25, -0.2) is 0 Å². The first-order valence-corrected chi connectivity index (χ1v) is 8.77. The number of nitrogens with zero attached hydrogens (tertiary/aromatic N) is 1. The van der Waals surface area contributed by atoms with Gasteiger partial charge in [0, 0.05) is 37.5 Å². The Hall–Kier alpha value is -1.31. The maximum Gasteiger partial charge on any atom is 0.406 e. The number of nitrogens with one attached hydrogen (secondary N) is 1. The highest BCUT2D eigenvalue weighted by molar-refractivity contribution is 5.89. The molecule has 0 aromatic heterocycles. The van der Waals surface area contributed by atoms with Crippen LogP contribution in [-0.4, -0.2) is 55.2 Å². The molecule has 1 saturated heterocycles. The Morgan fingerprint density at radius 3 is 2.44 bits per heavy atom. The van der Waals surface area contributed by atoms with Crippen LogP contribution in [0.25, 0.3) is 0 Å². The van der Waals surface area contributed by atoms with Crippen molar-refractivity contribution in [3.8, 4) is 0 Å². The number of alkyl halides is 3. The van der Waals surface area contributed by atoms with Crippen molar-refractivity contribution in [2.75, 3.05) is 20.2 Å². The topological polar surface area (TPSA) is 58.6 Å². The largest absolute Gasteiger partial charge is 0.406 e. The lowest BCUT2D eigenvalue weighted by atomic mass is 9.53. The van der Waals surface area contributed by atoms with Gasteiger partial charge in [0.2, 0.25) is 11.8 Å². The van der Waals surface area contributed by atoms with Crippen LogP contribution < -0.4 is 5.32 Å². The van der Waals surface area contributed by atoms with Gasteiger partial charge in [-0.15, -0.1) is 0 Å². The molecule has 1 aliphatic heterocycles. The smallest absolute Gasteiger partial charge is 0.380 e. The van der Waals surface area contributed by atoms with E-state index in [4.69, 9.17) is 4.74 Å². The fourth-order valence-electron chi connectivity index (χ4n) is 4.69. The molecule has 0 aromatic carbocycles. The van der Waals surface area contributed by atoms with E-state index < -0.39 is 24.5 Å². The zero-order chi connectivity index (χ0) is 19.0. The van der Waals surface area contributed by atoms with E-state index in [1.165, 1.54) is 0 Å². The highest BCUT2D eigenvalue weighted by Crippen LogP contribution is 2.52. The highest BCUT2D eigenvalue weighted by atomic mass is 19.4. The van der Waals surface area contributed by atoms with Gasteiger partial charge >= 0.3 is 6.18 Å². The number of carbonyl (C=O) groups excluding carboxylic acids is 2. The fourth-order valence-corrected chi connectivity index (χ4v) is 4.69. The normalized spacial score (nSPS) is 31.8. The number of methoxy groups -OCH3 is 1. The number of ether oxygens (including phenoxy) is 1. The van der Waals surface area contributed by atoms with E-state index in [-0.39, 0.29) is 42.4 Å². The molecule has 2 amide bonds. The third-order valence-corrected chi connectivity index (χ3v) is 6.01. The zero-order valence-electron chi connectivity index (χ0n) is 15.2. The molecule has 0 unspecified atom stereocenters. The molecule has 8 heteroatoms. The Bertz CT molecular complexity index is 520. The molecule has 1 N–H and O–H groups in total. The fraction of sp³-hybridized carbons (Fsp3) is 0.882. The number of hydrogen-bond donors (Lipinski definition) is 1. The Morgan fingerprint density at radius 2 is 1.96 bits per heavy atom. The van der Waals surface area contributed by atoms with E-state index in [9.17, 15) is 22.8 Å². The van der Waals surface area contributed by atoms with Gasteiger partial charge in [0.15, 0.2) is 0 Å². The van der Waals surface area contributed by atoms with Crippen molar-refractivity contribution in [2.45, 2.75) is 58.4 Å². The summed E-state index contributed by atoms with van der Waals surface area (Å²) in [5.74, 6) is -1.56. The van der Waals surface area contributed by atoms with Crippen molar-refractivity contribution < 1.29 is 27.5 Å². The third-order valence-electron chi connectivity index (χ3n) is 6.01. The second-order valence-electron chi connectivity index (χ2n) is 7.23. The van der Waals surface area contributed by atoms with Gasteiger partial charge in [0.25, 0.3) is 0 Å². The Labute approximate surface area is 146 Å². The van der Waals surface area contributed by atoms with E-state index in [1.807, 2.05) is 20.8 Å². The summed E-state index contributed by atoms with van der Waals surface area (Å²) in [5, 5.41) is 2.99. The first-order valence-electron chi connectivity index (χ1n) is 8.77. The zero-order valence-corrected chi connectivity index (χ0v) is 15.2. The lowest BCUT2D eigenvalue weighted by molar-refractivity contribution is -0.173. The molecule has 2 rings (SSSR count). The second kappa shape index (κ2) is 7.13. The maximum atomic E-state index is 12.6. The summed E-state index contributed by atoms with van der Waals surface area (Å²) in [5.41, 5.74) is -0.169. The Morgan fingerprint density at radius 1 is 1.36 bits per heavy atom. The van der Waals surface area contributed by atoms with Crippen molar-refractivity contribution in [2.24, 2.45) is 17.3 Å². The van der Waals surface area contributed by atoms with Gasteiger partial charge in [0.1, 0.15) is 6.54 Å². The van der Waals surface area contributed by atoms with E-state index in [1.54, 1.807) is 7.11 Å².